The van der Waals surface area contributed by atoms with E-state index in [0.717, 1.165) is 15.6 Å². The lowest BCUT2D eigenvalue weighted by atomic mass is 9.98. The summed E-state index contributed by atoms with van der Waals surface area (Å²) in [6, 6.07) is 9.96. The normalized spacial score (nSPS) is 12.5. The highest BCUT2D eigenvalue weighted by molar-refractivity contribution is 9.10. The summed E-state index contributed by atoms with van der Waals surface area (Å²) in [5.74, 6) is 5.19. The molecule has 0 amide bonds. The van der Waals surface area contributed by atoms with E-state index in [1.807, 2.05) is 25.1 Å². The molecule has 2 nitrogen and oxygen atoms in total. The number of benzene rings is 2. The zero-order chi connectivity index (χ0) is 14.0. The van der Waals surface area contributed by atoms with Gasteiger partial charge in [0.25, 0.3) is 0 Å². The summed E-state index contributed by atoms with van der Waals surface area (Å²) in [7, 11) is 0. The summed E-state index contributed by atoms with van der Waals surface area (Å²) in [6.45, 7) is 1.99. The minimum absolute atomic E-state index is 0.361. The van der Waals surface area contributed by atoms with Gasteiger partial charge in [0.15, 0.2) is 0 Å². The van der Waals surface area contributed by atoms with Crippen molar-refractivity contribution in [2.45, 2.75) is 13.0 Å². The van der Waals surface area contributed by atoms with Gasteiger partial charge in [-0.05, 0) is 36.2 Å². The number of nitrogens with one attached hydrogen (secondary N) is 1. The fraction of sp³-hybridized carbons (Fsp3) is 0.143. The van der Waals surface area contributed by atoms with Crippen molar-refractivity contribution in [3.63, 3.8) is 0 Å². The molecule has 0 bridgehead atoms. The van der Waals surface area contributed by atoms with E-state index < -0.39 is 6.04 Å². The maximum absolute atomic E-state index is 14.0. The highest BCUT2D eigenvalue weighted by atomic mass is 79.9. The molecule has 0 aromatic heterocycles. The molecule has 2 aromatic rings. The molecule has 3 N–H and O–H groups in total. The Bertz CT molecular complexity index is 552. The number of hydrogen-bond acceptors (Lipinski definition) is 2. The molecule has 0 aliphatic rings. The lowest BCUT2D eigenvalue weighted by Gasteiger charge is -2.19. The number of halogens is 3. The van der Waals surface area contributed by atoms with Crippen molar-refractivity contribution in [1.29, 1.82) is 0 Å². The average Bonchev–Trinajstić information content (AvgIpc) is 2.34. The Hall–Kier alpha value is -0.940. The zero-order valence-corrected chi connectivity index (χ0v) is 12.6. The number of rotatable bonds is 3. The predicted molar refractivity (Wildman–Crippen MR) is 79.5 cm³/mol. The van der Waals surface area contributed by atoms with Crippen LogP contribution in [0.2, 0.25) is 5.02 Å². The fourth-order valence-corrected chi connectivity index (χ4v) is 2.83. The second-order valence-corrected chi connectivity index (χ2v) is 5.58. The van der Waals surface area contributed by atoms with Crippen molar-refractivity contribution in [3.05, 3.63) is 68.4 Å². The first-order chi connectivity index (χ1) is 9.02. The van der Waals surface area contributed by atoms with Gasteiger partial charge >= 0.3 is 0 Å². The minimum atomic E-state index is -0.438. The summed E-state index contributed by atoms with van der Waals surface area (Å²) < 4.78 is 14.9. The Labute approximate surface area is 124 Å². The first-order valence-corrected chi connectivity index (χ1v) is 6.87. The molecule has 100 valence electrons. The monoisotopic (exact) mass is 342 g/mol. The Kier molecular flexibility index (Phi) is 4.58. The van der Waals surface area contributed by atoms with Crippen molar-refractivity contribution in [1.82, 2.24) is 5.43 Å². The van der Waals surface area contributed by atoms with E-state index in [2.05, 4.69) is 21.4 Å². The summed E-state index contributed by atoms with van der Waals surface area (Å²) in [5.41, 5.74) is 5.08. The molecular weight excluding hydrogens is 331 g/mol. The molecule has 0 aliphatic carbocycles. The third-order valence-corrected chi connectivity index (χ3v) is 3.83. The molecule has 2 rings (SSSR count). The van der Waals surface area contributed by atoms with Gasteiger partial charge in [-0.2, -0.15) is 0 Å². The van der Waals surface area contributed by atoms with Gasteiger partial charge in [-0.1, -0.05) is 45.7 Å². The van der Waals surface area contributed by atoms with E-state index in [0.29, 0.717) is 10.6 Å². The maximum atomic E-state index is 14.0. The molecule has 5 heteroatoms. The van der Waals surface area contributed by atoms with Crippen LogP contribution in [0, 0.1) is 12.7 Å². The molecule has 0 aliphatic heterocycles. The standard InChI is InChI=1S/C14H13BrClFN2/c1-8-2-4-10(12(15)6-8)14(19-18)11-5-3-9(16)7-13(11)17/h2-7,14,19H,18H2,1H3. The van der Waals surface area contributed by atoms with Gasteiger partial charge in [-0.25, -0.2) is 9.82 Å². The summed E-state index contributed by atoms with van der Waals surface area (Å²) in [4.78, 5) is 0. The van der Waals surface area contributed by atoms with Gasteiger partial charge < -0.3 is 0 Å². The summed E-state index contributed by atoms with van der Waals surface area (Å²) >= 11 is 9.24. The number of aryl methyl sites for hydroxylation is 1. The molecule has 19 heavy (non-hydrogen) atoms. The molecule has 2 aromatic carbocycles. The molecule has 0 fully saturated rings. The number of hydrogen-bond donors (Lipinski definition) is 2. The molecule has 0 spiro atoms. The van der Waals surface area contributed by atoms with E-state index in [4.69, 9.17) is 17.4 Å². The molecular formula is C14H13BrClFN2. The van der Waals surface area contributed by atoms with Crippen LogP contribution in [0.3, 0.4) is 0 Å². The lowest BCUT2D eigenvalue weighted by molar-refractivity contribution is 0.559. The van der Waals surface area contributed by atoms with Crippen molar-refractivity contribution >= 4 is 27.5 Å². The smallest absolute Gasteiger partial charge is 0.129 e. The van der Waals surface area contributed by atoms with Gasteiger partial charge in [-0.15, -0.1) is 0 Å². The Morgan fingerprint density at radius 2 is 1.89 bits per heavy atom. The highest BCUT2D eigenvalue weighted by Gasteiger charge is 2.19. The van der Waals surface area contributed by atoms with Gasteiger partial charge in [0.2, 0.25) is 0 Å². The van der Waals surface area contributed by atoms with E-state index in [1.54, 1.807) is 12.1 Å². The Morgan fingerprint density at radius 1 is 1.21 bits per heavy atom. The SMILES string of the molecule is Cc1ccc(C(NN)c2ccc(Cl)cc2F)c(Br)c1. The van der Waals surface area contributed by atoms with Crippen LogP contribution < -0.4 is 11.3 Å². The van der Waals surface area contributed by atoms with Crippen molar-refractivity contribution in [2.24, 2.45) is 5.84 Å². The van der Waals surface area contributed by atoms with Crippen LogP contribution in [-0.4, -0.2) is 0 Å². The largest absolute Gasteiger partial charge is 0.271 e. The quantitative estimate of drug-likeness (QED) is 0.650. The van der Waals surface area contributed by atoms with Crippen LogP contribution in [0.1, 0.15) is 22.7 Å². The molecule has 0 heterocycles. The Morgan fingerprint density at radius 3 is 2.47 bits per heavy atom. The third kappa shape index (κ3) is 3.15. The van der Waals surface area contributed by atoms with E-state index in [-0.39, 0.29) is 5.82 Å². The number of hydrazine groups is 1. The Balaban J connectivity index is 2.50. The van der Waals surface area contributed by atoms with Gasteiger partial charge in [0.05, 0.1) is 6.04 Å². The van der Waals surface area contributed by atoms with Crippen molar-refractivity contribution < 1.29 is 4.39 Å². The fourth-order valence-electron chi connectivity index (χ4n) is 1.95. The maximum Gasteiger partial charge on any atom is 0.129 e. The molecule has 0 radical (unpaired) electrons. The van der Waals surface area contributed by atoms with Crippen molar-refractivity contribution in [3.8, 4) is 0 Å². The van der Waals surface area contributed by atoms with E-state index >= 15 is 0 Å². The van der Waals surface area contributed by atoms with Gasteiger partial charge in [0.1, 0.15) is 5.82 Å². The van der Waals surface area contributed by atoms with E-state index in [9.17, 15) is 4.39 Å². The third-order valence-electron chi connectivity index (χ3n) is 2.91. The topological polar surface area (TPSA) is 38.0 Å². The van der Waals surface area contributed by atoms with E-state index in [1.165, 1.54) is 6.07 Å². The van der Waals surface area contributed by atoms with Crippen LogP contribution in [0.15, 0.2) is 40.9 Å². The van der Waals surface area contributed by atoms with Crippen LogP contribution in [0.5, 0.6) is 0 Å². The average molecular weight is 344 g/mol. The van der Waals surface area contributed by atoms with Crippen LogP contribution >= 0.6 is 27.5 Å². The van der Waals surface area contributed by atoms with Crippen LogP contribution in [-0.2, 0) is 0 Å². The molecule has 1 atom stereocenters. The molecule has 0 saturated carbocycles. The second-order valence-electron chi connectivity index (χ2n) is 4.29. The molecule has 1 unspecified atom stereocenters. The minimum Gasteiger partial charge on any atom is -0.271 e. The molecule has 0 saturated heterocycles. The highest BCUT2D eigenvalue weighted by Crippen LogP contribution is 2.31. The second kappa shape index (κ2) is 6.01. The van der Waals surface area contributed by atoms with Crippen LogP contribution in [0.25, 0.3) is 0 Å². The lowest BCUT2D eigenvalue weighted by Crippen LogP contribution is -2.29. The summed E-state index contributed by atoms with van der Waals surface area (Å²) in [6.07, 6.45) is 0. The zero-order valence-electron chi connectivity index (χ0n) is 10.3. The van der Waals surface area contributed by atoms with Gasteiger partial charge in [0, 0.05) is 15.1 Å². The summed E-state index contributed by atoms with van der Waals surface area (Å²) in [5, 5.41) is 0.361. The predicted octanol–water partition coefficient (Wildman–Crippen LogP) is 4.10. The van der Waals surface area contributed by atoms with Gasteiger partial charge in [-0.3, -0.25) is 5.84 Å². The van der Waals surface area contributed by atoms with Crippen molar-refractivity contribution in [2.75, 3.05) is 0 Å². The first kappa shape index (κ1) is 14.5. The van der Waals surface area contributed by atoms with Crippen LogP contribution in [0.4, 0.5) is 4.39 Å². The number of nitrogens with two attached hydrogens (primary N) is 1. The first-order valence-electron chi connectivity index (χ1n) is 5.70.